The fraction of sp³-hybridized carbons (Fsp3) is 0.470. The van der Waals surface area contributed by atoms with Crippen molar-refractivity contribution in [3.8, 4) is 5.75 Å². The van der Waals surface area contributed by atoms with Crippen LogP contribution in [0.3, 0.4) is 0 Å². The number of nitrogens with two attached hydrogens (primary N) is 2. The first-order valence-electron chi connectivity index (χ1n) is 30.8. The third-order valence-corrected chi connectivity index (χ3v) is 15.8. The Morgan fingerprint density at radius 3 is 1.29 bits per heavy atom. The van der Waals surface area contributed by atoms with E-state index >= 15 is 4.79 Å². The molecule has 2 fully saturated rings. The lowest BCUT2D eigenvalue weighted by Crippen LogP contribution is -2.62. The Bertz CT molecular complexity index is 3120. The normalized spacial score (nSPS) is 24.3. The summed E-state index contributed by atoms with van der Waals surface area (Å²) >= 11 is 0. The monoisotopic (exact) mass is 1240 g/mol. The molecule has 0 saturated carbocycles. The molecule has 484 valence electrons. The Morgan fingerprint density at radius 1 is 0.467 bits per heavy atom. The summed E-state index contributed by atoms with van der Waals surface area (Å²) in [5, 5.41) is 34.9. The summed E-state index contributed by atoms with van der Waals surface area (Å²) in [5.74, 6) is -10.8. The average Bonchev–Trinajstić information content (AvgIpc) is 1.72. The van der Waals surface area contributed by atoms with Gasteiger partial charge in [-0.2, -0.15) is 0 Å². The number of hydrogen-bond donors (Lipinski definition) is 12. The van der Waals surface area contributed by atoms with Crippen molar-refractivity contribution in [1.29, 1.82) is 0 Å². The Balaban J connectivity index is 1.45. The summed E-state index contributed by atoms with van der Waals surface area (Å²) in [6, 6.07) is 18.2. The minimum atomic E-state index is -1.74. The molecule has 0 aliphatic carbocycles. The molecular formula is C66H88N12O12. The largest absolute Gasteiger partial charge is 0.508 e. The van der Waals surface area contributed by atoms with Crippen molar-refractivity contribution in [1.82, 2.24) is 52.8 Å². The Labute approximate surface area is 525 Å². The first kappa shape index (κ1) is 69.9. The fourth-order valence-corrected chi connectivity index (χ4v) is 10.9. The van der Waals surface area contributed by atoms with Crippen LogP contribution in [0.1, 0.15) is 102 Å². The summed E-state index contributed by atoms with van der Waals surface area (Å²) in [5.41, 5.74) is 13.9. The van der Waals surface area contributed by atoms with E-state index in [9.17, 15) is 53.1 Å². The van der Waals surface area contributed by atoms with Gasteiger partial charge in [-0.15, -0.1) is 0 Å². The van der Waals surface area contributed by atoms with E-state index in [1.165, 1.54) is 29.2 Å². The van der Waals surface area contributed by atoms with Crippen LogP contribution in [-0.4, -0.2) is 148 Å². The average molecular weight is 1240 g/mol. The first-order valence-corrected chi connectivity index (χ1v) is 30.8. The molecule has 0 bridgehead atoms. The van der Waals surface area contributed by atoms with Crippen LogP contribution in [0.4, 0.5) is 0 Å². The van der Waals surface area contributed by atoms with Gasteiger partial charge in [0.1, 0.15) is 66.2 Å². The lowest BCUT2D eigenvalue weighted by molar-refractivity contribution is -0.142. The minimum absolute atomic E-state index is 0.00431. The molecule has 0 radical (unpaired) electrons. The molecule has 0 aromatic heterocycles. The van der Waals surface area contributed by atoms with Gasteiger partial charge >= 0.3 is 0 Å². The van der Waals surface area contributed by atoms with Crippen LogP contribution in [0.25, 0.3) is 0 Å². The summed E-state index contributed by atoms with van der Waals surface area (Å²) < 4.78 is 0. The highest BCUT2D eigenvalue weighted by molar-refractivity contribution is 6.00. The number of rotatable bonds is 17. The van der Waals surface area contributed by atoms with Gasteiger partial charge in [-0.1, -0.05) is 145 Å². The zero-order valence-corrected chi connectivity index (χ0v) is 52.0. The number of benzene rings is 4. The van der Waals surface area contributed by atoms with Crippen LogP contribution in [-0.2, 0) is 78.4 Å². The number of aromatic hydroxyl groups is 1. The van der Waals surface area contributed by atoms with Crippen LogP contribution in [0.2, 0.25) is 0 Å². The second-order valence-electron chi connectivity index (χ2n) is 24.2. The van der Waals surface area contributed by atoms with Gasteiger partial charge in [-0.3, -0.25) is 52.7 Å². The molecular weight excluding hydrogens is 1150 g/mol. The van der Waals surface area contributed by atoms with E-state index in [0.717, 1.165) is 0 Å². The molecule has 0 spiro atoms. The molecule has 11 amide bonds. The molecule has 24 heteroatoms. The number of nitrogens with one attached hydrogen (secondary N) is 9. The second kappa shape index (κ2) is 34.0. The van der Waals surface area contributed by atoms with Crippen molar-refractivity contribution >= 4 is 65.0 Å². The van der Waals surface area contributed by atoms with E-state index in [2.05, 4.69) is 47.9 Å². The van der Waals surface area contributed by atoms with Crippen molar-refractivity contribution in [2.45, 2.75) is 166 Å². The molecule has 14 N–H and O–H groups in total. The van der Waals surface area contributed by atoms with E-state index < -0.39 is 144 Å². The van der Waals surface area contributed by atoms with E-state index in [4.69, 9.17) is 11.5 Å². The molecule has 24 nitrogen and oxygen atoms in total. The number of amides is 11. The van der Waals surface area contributed by atoms with Gasteiger partial charge < -0.3 is 69.3 Å². The smallest absolute Gasteiger partial charge is 0.246 e. The molecule has 6 rings (SSSR count). The summed E-state index contributed by atoms with van der Waals surface area (Å²) in [4.78, 5) is 161. The maximum absolute atomic E-state index is 15.1. The number of phenolic OH excluding ortho intramolecular Hbond substituents is 1. The van der Waals surface area contributed by atoms with E-state index in [1.807, 2.05) is 13.8 Å². The highest BCUT2D eigenvalue weighted by atomic mass is 16.3. The third-order valence-electron chi connectivity index (χ3n) is 15.8. The SMILES string of the molecule is CC(C)C[C@@H]1NC(=O)[C@H](CCCN)NC(=O)[C@H](C(C)C)NC(=O)[C@H](Cc2ccc(O)cc2)NC(=O)[C@H](C(C)C)NC(=O)[C@H](CC(N)=O)NC(=O)[C@@H](Cc2ccccc2)NC(=O)[C@H](Cc2ccccc2)NC(=O)[C@@H]2CCCN2C(=O)[C@@H](Cc2ccccc2)NC1=O. The van der Waals surface area contributed by atoms with Crippen LogP contribution in [0.15, 0.2) is 115 Å². The minimum Gasteiger partial charge on any atom is -0.508 e. The lowest BCUT2D eigenvalue weighted by atomic mass is 9.98. The molecule has 0 unspecified atom stereocenters. The topological polar surface area (TPSA) is 372 Å². The standard InChI is InChI=1S/C66H88N12O12/c1-38(2)32-47-58(82)75-52(36-43-22-14-9-15-23-43)66(90)78-31-17-25-53(78)63(87)73-49(34-42-20-12-8-13-21-42)60(84)71-48(33-41-18-10-7-11-19-41)59(83)72-51(37-54(68)80)62(86)77-56(40(5)6)65(89)74-50(35-44-26-28-45(79)29-27-44)61(85)76-55(39(3)4)64(88)69-46(24-16-30-67)57(81)70-47/h7-15,18-23,26-29,38-40,46-53,55-56,79H,16-17,24-25,30-37,67H2,1-6H3,(H2,68,80)(H,69,88)(H,70,81)(H,71,84)(H,72,83)(H,73,87)(H,74,89)(H,75,82)(H,76,85)(H,77,86)/t46-,47-,48+,49-,50-,51-,52+,53-,55-,56-/m0/s1. The molecule has 4 aromatic rings. The molecule has 2 heterocycles. The molecule has 2 aliphatic rings. The van der Waals surface area contributed by atoms with E-state index in [1.54, 1.807) is 119 Å². The van der Waals surface area contributed by atoms with E-state index in [-0.39, 0.29) is 76.1 Å². The predicted molar refractivity (Wildman–Crippen MR) is 336 cm³/mol. The third kappa shape index (κ3) is 21.0. The summed E-state index contributed by atoms with van der Waals surface area (Å²) in [7, 11) is 0. The van der Waals surface area contributed by atoms with Gasteiger partial charge in [-0.05, 0) is 90.8 Å². The van der Waals surface area contributed by atoms with Crippen molar-refractivity contribution in [3.05, 3.63) is 138 Å². The Hall–Kier alpha value is -9.19. The van der Waals surface area contributed by atoms with Gasteiger partial charge in [0.05, 0.1) is 6.42 Å². The molecule has 10 atom stereocenters. The van der Waals surface area contributed by atoms with Gasteiger partial charge in [0.15, 0.2) is 0 Å². The van der Waals surface area contributed by atoms with Crippen LogP contribution >= 0.6 is 0 Å². The number of hydrogen-bond acceptors (Lipinski definition) is 13. The molecule has 4 aromatic carbocycles. The highest BCUT2D eigenvalue weighted by Gasteiger charge is 2.42. The lowest BCUT2D eigenvalue weighted by Gasteiger charge is -2.32. The molecule has 90 heavy (non-hydrogen) atoms. The Kier molecular flexibility index (Phi) is 26.4. The number of phenols is 1. The predicted octanol–water partition coefficient (Wildman–Crippen LogP) is 1.00. The summed E-state index contributed by atoms with van der Waals surface area (Å²) in [6.07, 6.45) is -0.373. The van der Waals surface area contributed by atoms with Crippen LogP contribution < -0.4 is 59.3 Å². The fourth-order valence-electron chi connectivity index (χ4n) is 10.9. The van der Waals surface area contributed by atoms with Crippen molar-refractivity contribution in [3.63, 3.8) is 0 Å². The van der Waals surface area contributed by atoms with Crippen LogP contribution in [0, 0.1) is 17.8 Å². The number of primary amides is 1. The zero-order valence-electron chi connectivity index (χ0n) is 52.0. The number of fused-ring (bicyclic) bond motifs is 1. The van der Waals surface area contributed by atoms with Crippen molar-refractivity contribution in [2.24, 2.45) is 29.2 Å². The van der Waals surface area contributed by atoms with Crippen molar-refractivity contribution in [2.75, 3.05) is 13.1 Å². The van der Waals surface area contributed by atoms with E-state index in [0.29, 0.717) is 28.7 Å². The number of carbonyl (C=O) groups is 11. The van der Waals surface area contributed by atoms with Crippen LogP contribution in [0.5, 0.6) is 5.75 Å². The quantitative estimate of drug-likeness (QED) is 0.0703. The molecule has 2 saturated heterocycles. The van der Waals surface area contributed by atoms with Gasteiger partial charge in [-0.25, -0.2) is 0 Å². The maximum Gasteiger partial charge on any atom is 0.246 e. The van der Waals surface area contributed by atoms with Gasteiger partial charge in [0.2, 0.25) is 65.0 Å². The second-order valence-corrected chi connectivity index (χ2v) is 24.2. The highest BCUT2D eigenvalue weighted by Crippen LogP contribution is 2.22. The Morgan fingerprint density at radius 2 is 0.833 bits per heavy atom. The van der Waals surface area contributed by atoms with Crippen molar-refractivity contribution < 1.29 is 57.8 Å². The van der Waals surface area contributed by atoms with Gasteiger partial charge in [0, 0.05) is 32.2 Å². The molecule has 2 aliphatic heterocycles. The van der Waals surface area contributed by atoms with Gasteiger partial charge in [0.25, 0.3) is 0 Å². The zero-order chi connectivity index (χ0) is 65.6. The number of carbonyl (C=O) groups excluding carboxylic acids is 11. The first-order chi connectivity index (χ1) is 42.9. The summed E-state index contributed by atoms with van der Waals surface area (Å²) in [6.45, 7) is 10.4. The maximum atomic E-state index is 15.1. The number of nitrogens with zero attached hydrogens (tertiary/aromatic N) is 1.